The summed E-state index contributed by atoms with van der Waals surface area (Å²) >= 11 is 0. The Labute approximate surface area is 84.2 Å². The maximum absolute atomic E-state index is 11.0. The van der Waals surface area contributed by atoms with Crippen molar-refractivity contribution in [2.24, 2.45) is 10.7 Å². The number of nitrogens with two attached hydrogens (primary N) is 1. The second kappa shape index (κ2) is 3.98. The third-order valence-corrected chi connectivity index (χ3v) is 3.12. The molecule has 0 bridgehead atoms. The summed E-state index contributed by atoms with van der Waals surface area (Å²) in [5.74, 6) is 0.364. The summed E-state index contributed by atoms with van der Waals surface area (Å²) in [7, 11) is 0. The largest absolute Gasteiger partial charge is 0.369 e. The van der Waals surface area contributed by atoms with E-state index >= 15 is 0 Å². The normalized spacial score (nSPS) is 25.0. The van der Waals surface area contributed by atoms with Crippen LogP contribution in [0, 0.1) is 0 Å². The average molecular weight is 195 g/mol. The van der Waals surface area contributed by atoms with Crippen molar-refractivity contribution in [2.45, 2.75) is 44.6 Å². The molecule has 0 aromatic rings. The van der Waals surface area contributed by atoms with E-state index in [1.807, 2.05) is 0 Å². The van der Waals surface area contributed by atoms with Crippen molar-refractivity contribution in [1.82, 2.24) is 4.90 Å². The Morgan fingerprint density at radius 1 is 1.29 bits per heavy atom. The monoisotopic (exact) mass is 195 g/mol. The first-order valence-electron chi connectivity index (χ1n) is 5.41. The van der Waals surface area contributed by atoms with E-state index in [1.165, 1.54) is 32.1 Å². The molecule has 1 saturated carbocycles. The smallest absolute Gasteiger partial charge is 0.250 e. The fourth-order valence-electron chi connectivity index (χ4n) is 2.34. The highest BCUT2D eigenvalue weighted by Gasteiger charge is 2.26. The predicted molar refractivity (Wildman–Crippen MR) is 54.8 cm³/mol. The summed E-state index contributed by atoms with van der Waals surface area (Å²) in [5.41, 5.74) is 5.76. The van der Waals surface area contributed by atoms with E-state index in [4.69, 9.17) is 5.73 Å². The molecule has 2 rings (SSSR count). The predicted octanol–water partition coefficient (Wildman–Crippen LogP) is 0.866. The molecule has 0 aromatic carbocycles. The zero-order valence-electron chi connectivity index (χ0n) is 8.41. The molecule has 0 spiro atoms. The van der Waals surface area contributed by atoms with Gasteiger partial charge in [0.2, 0.25) is 0 Å². The zero-order valence-corrected chi connectivity index (χ0v) is 8.41. The van der Waals surface area contributed by atoms with Crippen LogP contribution in [0.25, 0.3) is 0 Å². The van der Waals surface area contributed by atoms with Crippen LogP contribution in [-0.4, -0.2) is 29.4 Å². The van der Waals surface area contributed by atoms with E-state index in [2.05, 4.69) is 9.89 Å². The lowest BCUT2D eigenvalue weighted by atomic mass is 9.94. The molecule has 1 aliphatic heterocycles. The Hall–Kier alpha value is -1.06. The molecular weight excluding hydrogens is 178 g/mol. The molecular formula is C10H17N3O. The van der Waals surface area contributed by atoms with Crippen molar-refractivity contribution in [3.8, 4) is 0 Å². The number of amides is 1. The van der Waals surface area contributed by atoms with Crippen LogP contribution < -0.4 is 5.73 Å². The molecule has 2 N–H and O–H groups in total. The molecule has 2 aliphatic rings. The molecule has 14 heavy (non-hydrogen) atoms. The SMILES string of the molecule is NC1=NC(=O)CCN1C1CCCCC1. The Balaban J connectivity index is 2.03. The van der Waals surface area contributed by atoms with E-state index in [1.54, 1.807) is 0 Å². The number of guanidine groups is 1. The lowest BCUT2D eigenvalue weighted by Crippen LogP contribution is -2.49. The number of hydrogen-bond donors (Lipinski definition) is 1. The molecule has 1 amide bonds. The summed E-state index contributed by atoms with van der Waals surface area (Å²) < 4.78 is 0. The second-order valence-corrected chi connectivity index (χ2v) is 4.10. The molecule has 0 unspecified atom stereocenters. The van der Waals surface area contributed by atoms with Gasteiger partial charge in [0.1, 0.15) is 0 Å². The van der Waals surface area contributed by atoms with Crippen LogP contribution in [0.4, 0.5) is 0 Å². The van der Waals surface area contributed by atoms with Gasteiger partial charge in [-0.05, 0) is 12.8 Å². The molecule has 0 radical (unpaired) electrons. The summed E-state index contributed by atoms with van der Waals surface area (Å²) in [6, 6.07) is 0.528. The summed E-state index contributed by atoms with van der Waals surface area (Å²) in [6.07, 6.45) is 6.82. The van der Waals surface area contributed by atoms with Crippen LogP contribution in [-0.2, 0) is 4.79 Å². The first-order chi connectivity index (χ1) is 6.77. The van der Waals surface area contributed by atoms with Crippen LogP contribution in [0.15, 0.2) is 4.99 Å². The highest BCUT2D eigenvalue weighted by atomic mass is 16.1. The van der Waals surface area contributed by atoms with E-state index in [9.17, 15) is 4.79 Å². The highest BCUT2D eigenvalue weighted by molar-refractivity contribution is 5.94. The van der Waals surface area contributed by atoms with Gasteiger partial charge in [-0.2, -0.15) is 4.99 Å². The Morgan fingerprint density at radius 2 is 2.00 bits per heavy atom. The maximum atomic E-state index is 11.0. The molecule has 0 atom stereocenters. The van der Waals surface area contributed by atoms with Crippen molar-refractivity contribution < 1.29 is 4.79 Å². The Morgan fingerprint density at radius 3 is 2.64 bits per heavy atom. The van der Waals surface area contributed by atoms with E-state index < -0.39 is 0 Å². The minimum atomic E-state index is -0.0745. The van der Waals surface area contributed by atoms with Gasteiger partial charge in [-0.25, -0.2) is 0 Å². The van der Waals surface area contributed by atoms with Gasteiger partial charge in [-0.15, -0.1) is 0 Å². The third-order valence-electron chi connectivity index (χ3n) is 3.12. The number of carbonyl (C=O) groups is 1. The zero-order chi connectivity index (χ0) is 9.97. The van der Waals surface area contributed by atoms with E-state index in [0.29, 0.717) is 18.4 Å². The summed E-state index contributed by atoms with van der Waals surface area (Å²) in [5, 5.41) is 0. The molecule has 4 nitrogen and oxygen atoms in total. The summed E-state index contributed by atoms with van der Waals surface area (Å²) in [6.45, 7) is 0.763. The molecule has 1 aliphatic carbocycles. The molecule has 0 aromatic heterocycles. The molecule has 78 valence electrons. The van der Waals surface area contributed by atoms with Crippen molar-refractivity contribution in [3.05, 3.63) is 0 Å². The molecule has 4 heteroatoms. The fourth-order valence-corrected chi connectivity index (χ4v) is 2.34. The van der Waals surface area contributed by atoms with Crippen molar-refractivity contribution >= 4 is 11.9 Å². The standard InChI is InChI=1S/C10H17N3O/c11-10-12-9(14)6-7-13(10)8-4-2-1-3-5-8/h8H,1-7H2,(H2,11,12,14). The van der Waals surface area contributed by atoms with Gasteiger partial charge in [0.05, 0.1) is 0 Å². The number of hydrogen-bond acceptors (Lipinski definition) is 3. The topological polar surface area (TPSA) is 58.7 Å². The Bertz CT molecular complexity index is 256. The number of aliphatic imine (C=N–C) groups is 1. The van der Waals surface area contributed by atoms with Crippen LogP contribution in [0.5, 0.6) is 0 Å². The van der Waals surface area contributed by atoms with Crippen LogP contribution in [0.3, 0.4) is 0 Å². The number of nitrogens with zero attached hydrogens (tertiary/aromatic N) is 2. The number of carbonyl (C=O) groups excluding carboxylic acids is 1. The Kier molecular flexibility index (Phi) is 2.70. The van der Waals surface area contributed by atoms with Crippen molar-refractivity contribution in [2.75, 3.05) is 6.54 Å². The van der Waals surface area contributed by atoms with Gasteiger partial charge in [0.15, 0.2) is 5.96 Å². The minimum absolute atomic E-state index is 0.0745. The molecule has 0 saturated heterocycles. The second-order valence-electron chi connectivity index (χ2n) is 4.10. The van der Waals surface area contributed by atoms with Gasteiger partial charge in [0, 0.05) is 19.0 Å². The average Bonchev–Trinajstić information content (AvgIpc) is 2.19. The quantitative estimate of drug-likeness (QED) is 0.675. The van der Waals surface area contributed by atoms with Crippen LogP contribution in [0.1, 0.15) is 38.5 Å². The third kappa shape index (κ3) is 1.89. The van der Waals surface area contributed by atoms with Gasteiger partial charge < -0.3 is 10.6 Å². The lowest BCUT2D eigenvalue weighted by molar-refractivity contribution is -0.118. The molecule has 1 fully saturated rings. The van der Waals surface area contributed by atoms with Gasteiger partial charge in [0.25, 0.3) is 5.91 Å². The molecule has 1 heterocycles. The van der Waals surface area contributed by atoms with Gasteiger partial charge in [-0.1, -0.05) is 19.3 Å². The first-order valence-corrected chi connectivity index (χ1v) is 5.41. The lowest BCUT2D eigenvalue weighted by Gasteiger charge is -2.36. The minimum Gasteiger partial charge on any atom is -0.369 e. The van der Waals surface area contributed by atoms with Crippen molar-refractivity contribution in [3.63, 3.8) is 0 Å². The summed E-state index contributed by atoms with van der Waals surface area (Å²) in [4.78, 5) is 16.9. The number of rotatable bonds is 1. The van der Waals surface area contributed by atoms with E-state index in [-0.39, 0.29) is 5.91 Å². The van der Waals surface area contributed by atoms with Gasteiger partial charge >= 0.3 is 0 Å². The van der Waals surface area contributed by atoms with E-state index in [0.717, 1.165) is 6.54 Å². The van der Waals surface area contributed by atoms with Crippen molar-refractivity contribution in [1.29, 1.82) is 0 Å². The van der Waals surface area contributed by atoms with Crippen LogP contribution in [0.2, 0.25) is 0 Å². The van der Waals surface area contributed by atoms with Crippen LogP contribution >= 0.6 is 0 Å². The first kappa shape index (κ1) is 9.49. The van der Waals surface area contributed by atoms with Gasteiger partial charge in [-0.3, -0.25) is 4.79 Å². The highest BCUT2D eigenvalue weighted by Crippen LogP contribution is 2.23. The fraction of sp³-hybridized carbons (Fsp3) is 0.800. The maximum Gasteiger partial charge on any atom is 0.250 e.